The van der Waals surface area contributed by atoms with E-state index >= 15 is 0 Å². The topological polar surface area (TPSA) is 53.4 Å². The highest BCUT2D eigenvalue weighted by Crippen LogP contribution is 2.30. The van der Waals surface area contributed by atoms with Crippen molar-refractivity contribution in [3.05, 3.63) is 40.4 Å². The molecule has 0 radical (unpaired) electrons. The summed E-state index contributed by atoms with van der Waals surface area (Å²) in [4.78, 5) is 17.2. The smallest absolute Gasteiger partial charge is 0.347 e. The minimum atomic E-state index is -0.937. The molecule has 1 aromatic heterocycles. The third-order valence-corrected chi connectivity index (χ3v) is 3.78. The maximum Gasteiger partial charge on any atom is 0.347 e. The van der Waals surface area contributed by atoms with Gasteiger partial charge in [-0.25, -0.2) is 9.78 Å². The Morgan fingerprint density at radius 3 is 2.72 bits per heavy atom. The number of anilines is 2. The lowest BCUT2D eigenvalue weighted by molar-refractivity contribution is 0.0702. The van der Waals surface area contributed by atoms with E-state index in [1.807, 2.05) is 31.9 Å². The fourth-order valence-electron chi connectivity index (χ4n) is 1.70. The van der Waals surface area contributed by atoms with Gasteiger partial charge in [0.05, 0.1) is 6.20 Å². The number of aromatic carboxylic acids is 1. The lowest BCUT2D eigenvalue weighted by atomic mass is 10.1. The van der Waals surface area contributed by atoms with Crippen LogP contribution in [0.15, 0.2) is 24.4 Å². The molecule has 1 heterocycles. The summed E-state index contributed by atoms with van der Waals surface area (Å²) >= 11 is 1.17. The van der Waals surface area contributed by atoms with Crippen LogP contribution in [0.2, 0.25) is 0 Å². The number of thiazole rings is 1. The van der Waals surface area contributed by atoms with Crippen molar-refractivity contribution in [3.8, 4) is 0 Å². The Kier molecular flexibility index (Phi) is 3.34. The van der Waals surface area contributed by atoms with Gasteiger partial charge in [0.25, 0.3) is 0 Å². The van der Waals surface area contributed by atoms with Gasteiger partial charge in [0.15, 0.2) is 5.13 Å². The van der Waals surface area contributed by atoms with E-state index in [2.05, 4.69) is 17.1 Å². The molecule has 94 valence electrons. The van der Waals surface area contributed by atoms with Crippen LogP contribution in [0.1, 0.15) is 20.8 Å². The Hall–Kier alpha value is -1.88. The SMILES string of the molecule is Cc1ccc(C)c(N(C)c2ncc(C(=O)O)s2)c1. The van der Waals surface area contributed by atoms with E-state index in [0.717, 1.165) is 16.8 Å². The quantitative estimate of drug-likeness (QED) is 0.922. The molecule has 5 heteroatoms. The molecule has 0 amide bonds. The number of carboxylic acids is 1. The summed E-state index contributed by atoms with van der Waals surface area (Å²) in [6.45, 7) is 4.05. The van der Waals surface area contributed by atoms with Gasteiger partial charge in [0.1, 0.15) is 4.88 Å². The van der Waals surface area contributed by atoms with Gasteiger partial charge in [0, 0.05) is 12.7 Å². The van der Waals surface area contributed by atoms with Gasteiger partial charge in [-0.1, -0.05) is 23.5 Å². The first kappa shape index (κ1) is 12.6. The molecule has 1 aromatic carbocycles. The van der Waals surface area contributed by atoms with Crippen LogP contribution >= 0.6 is 11.3 Å². The van der Waals surface area contributed by atoms with Crippen molar-refractivity contribution in [1.29, 1.82) is 0 Å². The summed E-state index contributed by atoms with van der Waals surface area (Å²) in [5.74, 6) is -0.937. The Labute approximate surface area is 110 Å². The molecule has 0 spiro atoms. The molecule has 0 bridgehead atoms. The average molecular weight is 262 g/mol. The predicted molar refractivity (Wildman–Crippen MR) is 73.1 cm³/mol. The maximum atomic E-state index is 10.8. The van der Waals surface area contributed by atoms with Crippen molar-refractivity contribution >= 4 is 28.1 Å². The molecule has 4 nitrogen and oxygen atoms in total. The van der Waals surface area contributed by atoms with Crippen LogP contribution in [-0.4, -0.2) is 23.1 Å². The minimum absolute atomic E-state index is 0.252. The lowest BCUT2D eigenvalue weighted by Crippen LogP contribution is -2.10. The van der Waals surface area contributed by atoms with E-state index in [0.29, 0.717) is 5.13 Å². The Morgan fingerprint density at radius 1 is 1.39 bits per heavy atom. The van der Waals surface area contributed by atoms with Crippen LogP contribution in [0.5, 0.6) is 0 Å². The molecule has 0 aliphatic carbocycles. The fourth-order valence-corrected chi connectivity index (χ4v) is 2.43. The number of hydrogen-bond acceptors (Lipinski definition) is 4. The second-order valence-corrected chi connectivity index (χ2v) is 5.17. The first-order valence-electron chi connectivity index (χ1n) is 5.49. The molecule has 18 heavy (non-hydrogen) atoms. The molecule has 0 atom stereocenters. The highest BCUT2D eigenvalue weighted by atomic mass is 32.1. The van der Waals surface area contributed by atoms with Crippen molar-refractivity contribution in [1.82, 2.24) is 4.98 Å². The fraction of sp³-hybridized carbons (Fsp3) is 0.231. The molecule has 0 fully saturated rings. The van der Waals surface area contributed by atoms with Gasteiger partial charge in [-0.05, 0) is 31.0 Å². The first-order valence-corrected chi connectivity index (χ1v) is 6.31. The van der Waals surface area contributed by atoms with Crippen molar-refractivity contribution in [2.75, 3.05) is 11.9 Å². The normalized spacial score (nSPS) is 10.4. The molecular weight excluding hydrogens is 248 g/mol. The van der Waals surface area contributed by atoms with E-state index in [4.69, 9.17) is 5.11 Å². The Morgan fingerprint density at radius 2 is 2.11 bits per heavy atom. The van der Waals surface area contributed by atoms with Gasteiger partial charge in [-0.3, -0.25) is 0 Å². The van der Waals surface area contributed by atoms with Crippen molar-refractivity contribution in [2.45, 2.75) is 13.8 Å². The van der Waals surface area contributed by atoms with E-state index in [1.54, 1.807) is 0 Å². The number of carboxylic acid groups (broad SMARTS) is 1. The molecule has 2 rings (SSSR count). The van der Waals surface area contributed by atoms with Crippen LogP contribution in [0.25, 0.3) is 0 Å². The molecule has 0 aliphatic rings. The van der Waals surface area contributed by atoms with Crippen molar-refractivity contribution in [2.24, 2.45) is 0 Å². The summed E-state index contributed by atoms with van der Waals surface area (Å²) in [5, 5.41) is 9.58. The largest absolute Gasteiger partial charge is 0.477 e. The van der Waals surface area contributed by atoms with E-state index in [1.165, 1.54) is 17.5 Å². The summed E-state index contributed by atoms with van der Waals surface area (Å²) < 4.78 is 0. The summed E-state index contributed by atoms with van der Waals surface area (Å²) in [7, 11) is 1.90. The van der Waals surface area contributed by atoms with Crippen LogP contribution in [0, 0.1) is 13.8 Å². The zero-order chi connectivity index (χ0) is 13.3. The van der Waals surface area contributed by atoms with Gasteiger partial charge >= 0.3 is 5.97 Å². The standard InChI is InChI=1S/C13H14N2O2S/c1-8-4-5-9(2)10(6-8)15(3)13-14-7-11(18-13)12(16)17/h4-7H,1-3H3,(H,16,17). The number of hydrogen-bond donors (Lipinski definition) is 1. The van der Waals surface area contributed by atoms with E-state index in [-0.39, 0.29) is 4.88 Å². The zero-order valence-corrected chi connectivity index (χ0v) is 11.3. The number of rotatable bonds is 3. The maximum absolute atomic E-state index is 10.8. The average Bonchev–Trinajstić information content (AvgIpc) is 2.81. The number of aryl methyl sites for hydroxylation is 2. The van der Waals surface area contributed by atoms with Crippen molar-refractivity contribution in [3.63, 3.8) is 0 Å². The molecule has 0 unspecified atom stereocenters. The third-order valence-electron chi connectivity index (χ3n) is 2.72. The predicted octanol–water partition coefficient (Wildman–Crippen LogP) is 3.23. The zero-order valence-electron chi connectivity index (χ0n) is 10.5. The first-order chi connectivity index (χ1) is 8.49. The highest BCUT2D eigenvalue weighted by Gasteiger charge is 2.14. The Balaban J connectivity index is 2.37. The molecular formula is C13H14N2O2S. The second-order valence-electron chi connectivity index (χ2n) is 4.16. The van der Waals surface area contributed by atoms with E-state index in [9.17, 15) is 4.79 Å². The lowest BCUT2D eigenvalue weighted by Gasteiger charge is -2.18. The number of benzene rings is 1. The Bertz CT molecular complexity index is 592. The third kappa shape index (κ3) is 2.36. The highest BCUT2D eigenvalue weighted by molar-refractivity contribution is 7.17. The second kappa shape index (κ2) is 4.78. The number of carbonyl (C=O) groups is 1. The van der Waals surface area contributed by atoms with Crippen molar-refractivity contribution < 1.29 is 9.90 Å². The molecule has 0 aliphatic heterocycles. The molecule has 1 N–H and O–H groups in total. The summed E-state index contributed by atoms with van der Waals surface area (Å²) in [5.41, 5.74) is 3.34. The van der Waals surface area contributed by atoms with Gasteiger partial charge < -0.3 is 10.0 Å². The molecule has 0 saturated heterocycles. The summed E-state index contributed by atoms with van der Waals surface area (Å²) in [6, 6.07) is 6.17. The minimum Gasteiger partial charge on any atom is -0.477 e. The summed E-state index contributed by atoms with van der Waals surface area (Å²) in [6.07, 6.45) is 1.39. The number of aromatic nitrogens is 1. The van der Waals surface area contributed by atoms with Crippen LogP contribution in [-0.2, 0) is 0 Å². The van der Waals surface area contributed by atoms with Crippen LogP contribution < -0.4 is 4.90 Å². The van der Waals surface area contributed by atoms with Crippen LogP contribution in [0.4, 0.5) is 10.8 Å². The molecule has 2 aromatic rings. The van der Waals surface area contributed by atoms with Gasteiger partial charge in [-0.15, -0.1) is 0 Å². The van der Waals surface area contributed by atoms with Gasteiger partial charge in [-0.2, -0.15) is 0 Å². The number of nitrogens with zero attached hydrogens (tertiary/aromatic N) is 2. The molecule has 0 saturated carbocycles. The van der Waals surface area contributed by atoms with E-state index < -0.39 is 5.97 Å². The van der Waals surface area contributed by atoms with Gasteiger partial charge in [0.2, 0.25) is 0 Å². The van der Waals surface area contributed by atoms with Crippen LogP contribution in [0.3, 0.4) is 0 Å². The monoisotopic (exact) mass is 262 g/mol.